The molecule has 0 amide bonds. The Labute approximate surface area is 130 Å². The standard InChI is InChI=1S/C12H13NO7S2/c14-12-7-10(21-20-19-15)5-8-1-2-9(6-11(8)12)13-3-4-22(16,17)18/h1-2,5-7,13-15H,3-4H2,(H,16,17,18). The molecule has 2 rings (SSSR count). The molecule has 0 spiro atoms. The van der Waals surface area contributed by atoms with Gasteiger partial charge in [-0.15, -0.1) is 4.33 Å². The molecule has 4 N–H and O–H groups in total. The zero-order valence-electron chi connectivity index (χ0n) is 11.1. The fourth-order valence-electron chi connectivity index (χ4n) is 1.85. The van der Waals surface area contributed by atoms with Gasteiger partial charge in [0.1, 0.15) is 5.75 Å². The Balaban J connectivity index is 2.18. The third kappa shape index (κ3) is 4.73. The largest absolute Gasteiger partial charge is 0.507 e. The molecule has 0 aliphatic carbocycles. The molecule has 0 aliphatic heterocycles. The first-order chi connectivity index (χ1) is 10.4. The van der Waals surface area contributed by atoms with Crippen LogP contribution in [-0.2, 0) is 19.5 Å². The van der Waals surface area contributed by atoms with E-state index in [9.17, 15) is 13.5 Å². The summed E-state index contributed by atoms with van der Waals surface area (Å²) in [5, 5.41) is 25.7. The summed E-state index contributed by atoms with van der Waals surface area (Å²) in [4.78, 5) is 0.520. The van der Waals surface area contributed by atoms with Crippen LogP contribution in [0.5, 0.6) is 5.75 Å². The smallest absolute Gasteiger partial charge is 0.266 e. The van der Waals surface area contributed by atoms with Gasteiger partial charge in [0, 0.05) is 22.5 Å². The van der Waals surface area contributed by atoms with Gasteiger partial charge < -0.3 is 10.4 Å². The summed E-state index contributed by atoms with van der Waals surface area (Å²) < 4.78 is 34.3. The van der Waals surface area contributed by atoms with Gasteiger partial charge in [-0.3, -0.25) is 4.55 Å². The van der Waals surface area contributed by atoms with Gasteiger partial charge in [0.2, 0.25) is 0 Å². The molecule has 2 aromatic carbocycles. The number of benzene rings is 2. The zero-order valence-corrected chi connectivity index (χ0v) is 12.7. The molecule has 0 saturated carbocycles. The number of hydrogen-bond donors (Lipinski definition) is 4. The second-order valence-electron chi connectivity index (χ2n) is 4.32. The highest BCUT2D eigenvalue weighted by molar-refractivity contribution is 7.94. The Hall–Kier alpha value is -1.56. The number of phenolic OH excluding ortho intramolecular Hbond substituents is 1. The van der Waals surface area contributed by atoms with Crippen molar-refractivity contribution >= 4 is 38.6 Å². The predicted molar refractivity (Wildman–Crippen MR) is 81.2 cm³/mol. The van der Waals surface area contributed by atoms with Crippen LogP contribution >= 0.6 is 12.0 Å². The highest BCUT2D eigenvalue weighted by Gasteiger charge is 2.07. The van der Waals surface area contributed by atoms with Crippen LogP contribution in [0.2, 0.25) is 0 Å². The number of phenols is 1. The minimum Gasteiger partial charge on any atom is -0.507 e. The summed E-state index contributed by atoms with van der Waals surface area (Å²) in [6, 6.07) is 8.19. The summed E-state index contributed by atoms with van der Waals surface area (Å²) in [7, 11) is -4.02. The van der Waals surface area contributed by atoms with E-state index in [1.54, 1.807) is 24.3 Å². The molecule has 0 fully saturated rings. The molecule has 0 radical (unpaired) electrons. The first-order valence-electron chi connectivity index (χ1n) is 5.99. The number of rotatable bonds is 7. The lowest BCUT2D eigenvalue weighted by atomic mass is 10.1. The highest BCUT2D eigenvalue weighted by Crippen LogP contribution is 2.33. The quantitative estimate of drug-likeness (QED) is 0.258. The van der Waals surface area contributed by atoms with Crippen molar-refractivity contribution in [2.45, 2.75) is 4.90 Å². The molecular formula is C12H13NO7S2. The lowest BCUT2D eigenvalue weighted by Gasteiger charge is -2.09. The van der Waals surface area contributed by atoms with E-state index in [1.165, 1.54) is 6.07 Å². The van der Waals surface area contributed by atoms with Gasteiger partial charge in [0.15, 0.2) is 0 Å². The molecule has 0 heterocycles. The van der Waals surface area contributed by atoms with Gasteiger partial charge in [-0.05, 0) is 29.7 Å². The lowest BCUT2D eigenvalue weighted by Crippen LogP contribution is -2.14. The molecule has 0 atom stereocenters. The van der Waals surface area contributed by atoms with Crippen LogP contribution in [0.1, 0.15) is 0 Å². The van der Waals surface area contributed by atoms with E-state index in [4.69, 9.17) is 9.81 Å². The normalized spacial score (nSPS) is 11.7. The second-order valence-corrected chi connectivity index (χ2v) is 6.66. The number of hydrogen-bond acceptors (Lipinski definition) is 8. The monoisotopic (exact) mass is 347 g/mol. The van der Waals surface area contributed by atoms with Crippen LogP contribution in [0.3, 0.4) is 0 Å². The summed E-state index contributed by atoms with van der Waals surface area (Å²) in [5.74, 6) is -0.426. The highest BCUT2D eigenvalue weighted by atomic mass is 32.2. The van der Waals surface area contributed by atoms with Gasteiger partial charge in [0.05, 0.1) is 17.8 Å². The topological polar surface area (TPSA) is 125 Å². The van der Waals surface area contributed by atoms with E-state index in [1.807, 2.05) is 0 Å². The van der Waals surface area contributed by atoms with Crippen molar-refractivity contribution in [3.05, 3.63) is 30.3 Å². The molecule has 0 aromatic heterocycles. The van der Waals surface area contributed by atoms with Crippen LogP contribution in [0, 0.1) is 0 Å². The molecule has 0 aliphatic rings. The lowest BCUT2D eigenvalue weighted by molar-refractivity contribution is -0.432. The Morgan fingerprint density at radius 2 is 2.00 bits per heavy atom. The number of nitrogens with one attached hydrogen (secondary N) is 1. The van der Waals surface area contributed by atoms with Gasteiger partial charge in [-0.25, -0.2) is 5.26 Å². The maximum atomic E-state index is 10.6. The van der Waals surface area contributed by atoms with E-state index in [-0.39, 0.29) is 12.3 Å². The number of fused-ring (bicyclic) bond motifs is 1. The molecule has 0 saturated heterocycles. The predicted octanol–water partition coefficient (Wildman–Crippen LogP) is 2.27. The van der Waals surface area contributed by atoms with Crippen LogP contribution in [0.4, 0.5) is 5.69 Å². The summed E-state index contributed by atoms with van der Waals surface area (Å²) in [6.07, 6.45) is 0. The van der Waals surface area contributed by atoms with Crippen molar-refractivity contribution in [1.82, 2.24) is 0 Å². The van der Waals surface area contributed by atoms with E-state index >= 15 is 0 Å². The zero-order chi connectivity index (χ0) is 16.2. The van der Waals surface area contributed by atoms with E-state index < -0.39 is 15.9 Å². The second kappa shape index (κ2) is 7.13. The Morgan fingerprint density at radius 3 is 2.68 bits per heavy atom. The van der Waals surface area contributed by atoms with Gasteiger partial charge in [-0.2, -0.15) is 8.42 Å². The Morgan fingerprint density at radius 1 is 1.23 bits per heavy atom. The van der Waals surface area contributed by atoms with Gasteiger partial charge in [0.25, 0.3) is 10.1 Å². The average Bonchev–Trinajstić information content (AvgIpc) is 2.44. The SMILES string of the molecule is O=S(=O)(O)CCNc1ccc2cc(SOOO)cc(O)c2c1. The molecule has 10 heteroatoms. The third-order valence-electron chi connectivity index (χ3n) is 2.76. The van der Waals surface area contributed by atoms with Crippen LogP contribution < -0.4 is 5.32 Å². The first kappa shape index (κ1) is 16.8. The molecule has 22 heavy (non-hydrogen) atoms. The molecule has 0 unspecified atom stereocenters. The molecular weight excluding hydrogens is 334 g/mol. The third-order valence-corrected chi connectivity index (χ3v) is 4.03. The Bertz CT molecular complexity index is 763. The first-order valence-corrected chi connectivity index (χ1v) is 8.35. The van der Waals surface area contributed by atoms with Crippen molar-refractivity contribution in [3.8, 4) is 5.75 Å². The fraction of sp³-hybridized carbons (Fsp3) is 0.167. The summed E-state index contributed by atoms with van der Waals surface area (Å²) in [6.45, 7) is 0.0424. The van der Waals surface area contributed by atoms with Crippen molar-refractivity contribution < 1.29 is 32.7 Å². The Kier molecular flexibility index (Phi) is 5.45. The maximum absolute atomic E-state index is 10.6. The summed E-state index contributed by atoms with van der Waals surface area (Å²) >= 11 is 0.728. The fourth-order valence-corrected chi connectivity index (χ4v) is 2.65. The number of anilines is 1. The van der Waals surface area contributed by atoms with Crippen LogP contribution in [0.15, 0.2) is 35.2 Å². The average molecular weight is 347 g/mol. The summed E-state index contributed by atoms with van der Waals surface area (Å²) in [5.41, 5.74) is 0.599. The van der Waals surface area contributed by atoms with Crippen molar-refractivity contribution in [3.63, 3.8) is 0 Å². The molecule has 120 valence electrons. The molecule has 8 nitrogen and oxygen atoms in total. The molecule has 2 aromatic rings. The van der Waals surface area contributed by atoms with Crippen molar-refractivity contribution in [1.29, 1.82) is 0 Å². The van der Waals surface area contributed by atoms with Crippen LogP contribution in [-0.4, -0.2) is 35.6 Å². The van der Waals surface area contributed by atoms with E-state index in [0.29, 0.717) is 21.4 Å². The number of aromatic hydroxyl groups is 1. The minimum absolute atomic E-state index is 0.0139. The van der Waals surface area contributed by atoms with Gasteiger partial charge >= 0.3 is 0 Å². The maximum Gasteiger partial charge on any atom is 0.266 e. The van der Waals surface area contributed by atoms with Crippen molar-refractivity contribution in [2.24, 2.45) is 0 Å². The minimum atomic E-state index is -4.02. The van der Waals surface area contributed by atoms with Crippen molar-refractivity contribution in [2.75, 3.05) is 17.6 Å². The van der Waals surface area contributed by atoms with Crippen LogP contribution in [0.25, 0.3) is 10.8 Å². The molecule has 0 bridgehead atoms. The van der Waals surface area contributed by atoms with E-state index in [0.717, 1.165) is 12.0 Å². The van der Waals surface area contributed by atoms with E-state index in [2.05, 4.69) is 14.7 Å². The van der Waals surface area contributed by atoms with Gasteiger partial charge in [-0.1, -0.05) is 11.1 Å².